The van der Waals surface area contributed by atoms with E-state index in [-0.39, 0.29) is 25.7 Å². The third kappa shape index (κ3) is 68.6. The maximum Gasteiger partial charge on any atom is 0.472 e. The van der Waals surface area contributed by atoms with Crippen molar-refractivity contribution in [2.24, 2.45) is 0 Å². The highest BCUT2D eigenvalue weighted by atomic mass is 31.2. The smallest absolute Gasteiger partial charge is 0.462 e. The fourth-order valence-corrected chi connectivity index (χ4v) is 13.2. The number of carbonyl (C=O) groups is 4. The first-order valence-electron chi connectivity index (χ1n) is 39.3. The standard InChI is InChI=1S/C75H146O17P2/c1-5-9-13-17-20-23-25-27-29-31-33-34-35-36-38-40-42-44-47-50-54-58-62-75(80)92-71(66-86-73(78)60-56-52-48-46-43-41-39-37-32-30-28-26-24-21-18-14-10-6-2)68-90-94(83,84)88-64-69(76)63-87-93(81,82)89-67-70(65-85-72(77)59-55-51-16-12-8-4)91-74(79)61-57-53-49-45-22-19-15-11-7-3/h69-71,76H,5-68H2,1-4H3,(H,81,82)(H,83,84)/t69-,70+,71+/m0/s1. The molecule has 0 aliphatic rings. The number of hydrogen-bond acceptors (Lipinski definition) is 15. The molecule has 0 radical (unpaired) electrons. The number of unbranched alkanes of at least 4 members (excludes halogenated alkanes) is 50. The molecule has 2 unspecified atom stereocenters. The Morgan fingerprint density at radius 2 is 0.426 bits per heavy atom. The summed E-state index contributed by atoms with van der Waals surface area (Å²) in [6.45, 7) is 4.86. The Morgan fingerprint density at radius 1 is 0.255 bits per heavy atom. The first-order chi connectivity index (χ1) is 45.7. The van der Waals surface area contributed by atoms with Gasteiger partial charge in [0.1, 0.15) is 19.3 Å². The number of aliphatic hydroxyl groups excluding tert-OH is 1. The van der Waals surface area contributed by atoms with Gasteiger partial charge in [-0.1, -0.05) is 349 Å². The molecule has 0 fully saturated rings. The highest BCUT2D eigenvalue weighted by Gasteiger charge is 2.30. The number of phosphoric acid groups is 2. The molecular formula is C75H146O17P2. The molecule has 0 aromatic carbocycles. The lowest BCUT2D eigenvalue weighted by Crippen LogP contribution is -2.30. The summed E-state index contributed by atoms with van der Waals surface area (Å²) in [7, 11) is -9.89. The summed E-state index contributed by atoms with van der Waals surface area (Å²) < 4.78 is 68.2. The zero-order valence-corrected chi connectivity index (χ0v) is 62.7. The van der Waals surface area contributed by atoms with Crippen LogP contribution in [0, 0.1) is 0 Å². The minimum absolute atomic E-state index is 0.105. The molecular weight excluding hydrogens is 1230 g/mol. The monoisotopic (exact) mass is 1380 g/mol. The summed E-state index contributed by atoms with van der Waals surface area (Å²) in [6, 6.07) is 0. The van der Waals surface area contributed by atoms with E-state index in [4.69, 9.17) is 37.0 Å². The summed E-state index contributed by atoms with van der Waals surface area (Å²) in [6.07, 6.45) is 60.4. The highest BCUT2D eigenvalue weighted by molar-refractivity contribution is 7.47. The van der Waals surface area contributed by atoms with Gasteiger partial charge in [-0.25, -0.2) is 9.13 Å². The molecule has 0 aliphatic heterocycles. The van der Waals surface area contributed by atoms with Crippen molar-refractivity contribution >= 4 is 39.5 Å². The molecule has 17 nitrogen and oxygen atoms in total. The Labute approximate surface area is 575 Å². The minimum atomic E-state index is -4.95. The molecule has 0 spiro atoms. The maximum absolute atomic E-state index is 13.1. The number of carbonyl (C=O) groups excluding carboxylic acids is 4. The van der Waals surface area contributed by atoms with Gasteiger partial charge < -0.3 is 33.8 Å². The van der Waals surface area contributed by atoms with Crippen molar-refractivity contribution in [3.05, 3.63) is 0 Å². The van der Waals surface area contributed by atoms with Gasteiger partial charge in [0, 0.05) is 25.7 Å². The largest absolute Gasteiger partial charge is 0.472 e. The Kier molecular flexibility index (Phi) is 68.1. The lowest BCUT2D eigenvalue weighted by atomic mass is 10.0. The van der Waals surface area contributed by atoms with Crippen molar-refractivity contribution in [1.82, 2.24) is 0 Å². The van der Waals surface area contributed by atoms with E-state index in [1.54, 1.807) is 0 Å². The molecule has 19 heteroatoms. The predicted molar refractivity (Wildman–Crippen MR) is 382 cm³/mol. The van der Waals surface area contributed by atoms with E-state index in [2.05, 4.69) is 27.7 Å². The van der Waals surface area contributed by atoms with Crippen molar-refractivity contribution in [3.8, 4) is 0 Å². The number of phosphoric ester groups is 2. The van der Waals surface area contributed by atoms with Gasteiger partial charge in [-0.15, -0.1) is 0 Å². The molecule has 0 amide bonds. The van der Waals surface area contributed by atoms with Crippen LogP contribution in [0.25, 0.3) is 0 Å². The van der Waals surface area contributed by atoms with Crippen molar-refractivity contribution in [1.29, 1.82) is 0 Å². The minimum Gasteiger partial charge on any atom is -0.462 e. The van der Waals surface area contributed by atoms with E-state index >= 15 is 0 Å². The van der Waals surface area contributed by atoms with Crippen LogP contribution in [-0.2, 0) is 65.4 Å². The fourth-order valence-electron chi connectivity index (χ4n) is 11.6. The zero-order valence-electron chi connectivity index (χ0n) is 60.9. The number of rotatable bonds is 76. The number of ether oxygens (including phenoxy) is 4. The molecule has 0 heterocycles. The van der Waals surface area contributed by atoms with E-state index in [9.17, 15) is 43.2 Å². The molecule has 0 aromatic rings. The van der Waals surface area contributed by atoms with E-state index in [1.807, 2.05) is 0 Å². The highest BCUT2D eigenvalue weighted by Crippen LogP contribution is 2.45. The van der Waals surface area contributed by atoms with Crippen LogP contribution in [0.3, 0.4) is 0 Å². The van der Waals surface area contributed by atoms with E-state index in [1.165, 1.54) is 225 Å². The van der Waals surface area contributed by atoms with Crippen LogP contribution in [0.15, 0.2) is 0 Å². The summed E-state index contributed by atoms with van der Waals surface area (Å²) >= 11 is 0. The van der Waals surface area contributed by atoms with Gasteiger partial charge in [-0.05, 0) is 25.7 Å². The average molecular weight is 1380 g/mol. The maximum atomic E-state index is 13.1. The first-order valence-corrected chi connectivity index (χ1v) is 42.3. The molecule has 0 saturated carbocycles. The topological polar surface area (TPSA) is 237 Å². The molecule has 0 aliphatic carbocycles. The molecule has 5 atom stereocenters. The summed E-state index contributed by atoms with van der Waals surface area (Å²) in [5.74, 6) is -2.13. The molecule has 94 heavy (non-hydrogen) atoms. The van der Waals surface area contributed by atoms with Gasteiger partial charge in [0.2, 0.25) is 0 Å². The second kappa shape index (κ2) is 69.5. The third-order valence-corrected chi connectivity index (χ3v) is 19.5. The second-order valence-corrected chi connectivity index (χ2v) is 29.9. The van der Waals surface area contributed by atoms with E-state index < -0.39 is 97.5 Å². The Bertz CT molecular complexity index is 1790. The summed E-state index contributed by atoms with van der Waals surface area (Å²) in [5, 5.41) is 10.6. The van der Waals surface area contributed by atoms with Crippen molar-refractivity contribution in [2.75, 3.05) is 39.6 Å². The quantitative estimate of drug-likeness (QED) is 0.0222. The van der Waals surface area contributed by atoms with Gasteiger partial charge in [-0.3, -0.25) is 37.3 Å². The lowest BCUT2D eigenvalue weighted by Gasteiger charge is -2.21. The molecule has 3 N–H and O–H groups in total. The summed E-state index contributed by atoms with van der Waals surface area (Å²) in [4.78, 5) is 72.3. The molecule has 0 aromatic heterocycles. The van der Waals surface area contributed by atoms with Crippen molar-refractivity contribution < 1.29 is 80.2 Å². The van der Waals surface area contributed by atoms with E-state index in [0.29, 0.717) is 25.7 Å². The second-order valence-electron chi connectivity index (χ2n) is 27.0. The number of aliphatic hydroxyl groups is 1. The van der Waals surface area contributed by atoms with Gasteiger partial charge in [-0.2, -0.15) is 0 Å². The van der Waals surface area contributed by atoms with Crippen LogP contribution in [0.1, 0.15) is 400 Å². The molecule has 0 saturated heterocycles. The zero-order chi connectivity index (χ0) is 69.0. The molecule has 0 bridgehead atoms. The van der Waals surface area contributed by atoms with Crippen molar-refractivity contribution in [3.63, 3.8) is 0 Å². The Balaban J connectivity index is 5.08. The third-order valence-electron chi connectivity index (χ3n) is 17.6. The van der Waals surface area contributed by atoms with Gasteiger partial charge >= 0.3 is 39.5 Å². The van der Waals surface area contributed by atoms with Crippen LogP contribution in [0.2, 0.25) is 0 Å². The molecule has 0 rings (SSSR count). The number of hydrogen-bond donors (Lipinski definition) is 3. The summed E-state index contributed by atoms with van der Waals surface area (Å²) in [5.41, 5.74) is 0. The van der Waals surface area contributed by atoms with Gasteiger partial charge in [0.25, 0.3) is 0 Å². The first kappa shape index (κ1) is 92.1. The van der Waals surface area contributed by atoms with Crippen molar-refractivity contribution in [2.45, 2.75) is 418 Å². The van der Waals surface area contributed by atoms with Crippen LogP contribution >= 0.6 is 15.6 Å². The van der Waals surface area contributed by atoms with Crippen LogP contribution in [-0.4, -0.2) is 96.7 Å². The Hall–Kier alpha value is -1.94. The lowest BCUT2D eigenvalue weighted by molar-refractivity contribution is -0.161. The van der Waals surface area contributed by atoms with Crippen LogP contribution in [0.5, 0.6) is 0 Å². The van der Waals surface area contributed by atoms with Gasteiger partial charge in [0.05, 0.1) is 26.4 Å². The average Bonchev–Trinajstić information content (AvgIpc) is 1.50. The number of esters is 4. The Morgan fingerprint density at radius 3 is 0.628 bits per heavy atom. The predicted octanol–water partition coefficient (Wildman–Crippen LogP) is 22.2. The SMILES string of the molecule is CCCCCCCCCCCCCCCCCCCCCCCCC(=O)O[C@H](COC(=O)CCCCCCCCCCCCCCCCCCCC)COP(=O)(O)OC[C@@H](O)COP(=O)(O)OC[C@@H](COC(=O)CCCCCCC)OC(=O)CCCCCCCCCCC. The van der Waals surface area contributed by atoms with Gasteiger partial charge in [0.15, 0.2) is 12.2 Å². The fraction of sp³-hybridized carbons (Fsp3) is 0.947. The molecule has 558 valence electrons. The van der Waals surface area contributed by atoms with E-state index in [0.717, 1.165) is 96.3 Å². The van der Waals surface area contributed by atoms with Crippen LogP contribution in [0.4, 0.5) is 0 Å². The normalized spacial score (nSPS) is 13.9. The van der Waals surface area contributed by atoms with Crippen LogP contribution < -0.4 is 0 Å².